The van der Waals surface area contributed by atoms with Gasteiger partial charge in [-0.05, 0) is 65.2 Å². The van der Waals surface area contributed by atoms with Crippen LogP contribution in [0.4, 0.5) is 5.69 Å². The number of nitrogens with one attached hydrogen (secondary N) is 2. The molecule has 7 nitrogen and oxygen atoms in total. The van der Waals surface area contributed by atoms with Crippen LogP contribution in [0, 0.1) is 0 Å². The molecule has 2 aromatic carbocycles. The van der Waals surface area contributed by atoms with Gasteiger partial charge < -0.3 is 20.1 Å². The van der Waals surface area contributed by atoms with E-state index in [-0.39, 0.29) is 17.5 Å². The summed E-state index contributed by atoms with van der Waals surface area (Å²) in [5.74, 6) is -0.834. The maximum absolute atomic E-state index is 12.2. The fraction of sp³-hybridized carbons (Fsp3) is 0.250. The third-order valence-corrected chi connectivity index (χ3v) is 4.74. The van der Waals surface area contributed by atoms with Gasteiger partial charge in [0.2, 0.25) is 0 Å². The highest BCUT2D eigenvalue weighted by Crippen LogP contribution is 2.23. The van der Waals surface area contributed by atoms with Gasteiger partial charge in [0.15, 0.2) is 6.61 Å². The fourth-order valence-electron chi connectivity index (χ4n) is 2.43. The normalized spacial score (nSPS) is 12.8. The summed E-state index contributed by atoms with van der Waals surface area (Å²) in [5, 5.41) is 5.51. The van der Waals surface area contributed by atoms with Crippen molar-refractivity contribution in [3.63, 3.8) is 0 Å². The Morgan fingerprint density at radius 2 is 1.93 bits per heavy atom. The summed E-state index contributed by atoms with van der Waals surface area (Å²) in [6.07, 6.45) is 1.99. The summed E-state index contributed by atoms with van der Waals surface area (Å²) < 4.78 is 10.7. The SMILES string of the molecule is COc1ccc(Br)c(C(=O)OCC(=O)Nc2cccc(C(=O)NC3CC3)c2)c1. The molecule has 146 valence electrons. The molecule has 28 heavy (non-hydrogen) atoms. The zero-order valence-electron chi connectivity index (χ0n) is 15.2. The maximum atomic E-state index is 12.2. The highest BCUT2D eigenvalue weighted by Gasteiger charge is 2.23. The number of esters is 1. The highest BCUT2D eigenvalue weighted by molar-refractivity contribution is 9.10. The number of hydrogen-bond acceptors (Lipinski definition) is 5. The lowest BCUT2D eigenvalue weighted by Crippen LogP contribution is -2.25. The van der Waals surface area contributed by atoms with E-state index in [1.165, 1.54) is 13.2 Å². The Hall–Kier alpha value is -2.87. The Bertz CT molecular complexity index is 911. The molecule has 0 aromatic heterocycles. The monoisotopic (exact) mass is 446 g/mol. The summed E-state index contributed by atoms with van der Waals surface area (Å²) in [7, 11) is 1.49. The van der Waals surface area contributed by atoms with Crippen LogP contribution in [0.2, 0.25) is 0 Å². The van der Waals surface area contributed by atoms with Gasteiger partial charge in [0, 0.05) is 21.8 Å². The zero-order valence-corrected chi connectivity index (χ0v) is 16.7. The van der Waals surface area contributed by atoms with Gasteiger partial charge in [-0.25, -0.2) is 4.79 Å². The molecule has 0 unspecified atom stereocenters. The Kier molecular flexibility index (Phi) is 6.30. The zero-order chi connectivity index (χ0) is 20.1. The molecule has 1 fully saturated rings. The Morgan fingerprint density at radius 1 is 1.14 bits per heavy atom. The second-order valence-corrected chi connectivity index (χ2v) is 7.15. The Balaban J connectivity index is 1.55. The number of rotatable bonds is 7. The predicted molar refractivity (Wildman–Crippen MR) is 107 cm³/mol. The summed E-state index contributed by atoms with van der Waals surface area (Å²) in [6, 6.07) is 11.7. The van der Waals surface area contributed by atoms with E-state index >= 15 is 0 Å². The van der Waals surface area contributed by atoms with Gasteiger partial charge in [-0.1, -0.05) is 6.07 Å². The van der Waals surface area contributed by atoms with Gasteiger partial charge in [-0.15, -0.1) is 0 Å². The molecule has 1 aliphatic rings. The van der Waals surface area contributed by atoms with Crippen molar-refractivity contribution < 1.29 is 23.9 Å². The number of amides is 2. The van der Waals surface area contributed by atoms with Crippen LogP contribution in [-0.4, -0.2) is 37.5 Å². The molecule has 1 saturated carbocycles. The van der Waals surface area contributed by atoms with Gasteiger partial charge in [0.1, 0.15) is 5.75 Å². The van der Waals surface area contributed by atoms with Crippen LogP contribution in [0.15, 0.2) is 46.9 Å². The number of anilines is 1. The number of ether oxygens (including phenoxy) is 2. The van der Waals surface area contributed by atoms with Gasteiger partial charge in [0.05, 0.1) is 12.7 Å². The molecule has 0 aliphatic heterocycles. The summed E-state index contributed by atoms with van der Waals surface area (Å²) >= 11 is 3.27. The van der Waals surface area contributed by atoms with E-state index in [9.17, 15) is 14.4 Å². The predicted octanol–water partition coefficient (Wildman–Crippen LogP) is 3.15. The average molecular weight is 447 g/mol. The smallest absolute Gasteiger partial charge is 0.339 e. The van der Waals surface area contributed by atoms with Gasteiger partial charge in [0.25, 0.3) is 11.8 Å². The number of methoxy groups -OCH3 is 1. The summed E-state index contributed by atoms with van der Waals surface area (Å²) in [4.78, 5) is 36.4. The lowest BCUT2D eigenvalue weighted by molar-refractivity contribution is -0.119. The van der Waals surface area contributed by atoms with E-state index in [1.54, 1.807) is 36.4 Å². The molecule has 8 heteroatoms. The summed E-state index contributed by atoms with van der Waals surface area (Å²) in [6.45, 7) is -0.457. The van der Waals surface area contributed by atoms with Gasteiger partial charge in [-0.3, -0.25) is 9.59 Å². The number of carbonyl (C=O) groups excluding carboxylic acids is 3. The first-order valence-electron chi connectivity index (χ1n) is 8.67. The van der Waals surface area contributed by atoms with Crippen LogP contribution in [0.1, 0.15) is 33.6 Å². The molecule has 2 amide bonds. The lowest BCUT2D eigenvalue weighted by atomic mass is 10.2. The first kappa shape index (κ1) is 19.9. The van der Waals surface area contributed by atoms with Crippen LogP contribution < -0.4 is 15.4 Å². The third-order valence-electron chi connectivity index (χ3n) is 4.05. The van der Waals surface area contributed by atoms with Crippen molar-refractivity contribution in [2.24, 2.45) is 0 Å². The van der Waals surface area contributed by atoms with Crippen molar-refractivity contribution in [1.82, 2.24) is 5.32 Å². The quantitative estimate of drug-likeness (QED) is 0.637. The Labute approximate surface area is 170 Å². The molecule has 2 N–H and O–H groups in total. The minimum Gasteiger partial charge on any atom is -0.497 e. The van der Waals surface area contributed by atoms with Crippen LogP contribution in [0.5, 0.6) is 5.75 Å². The molecule has 0 radical (unpaired) electrons. The molecular weight excluding hydrogens is 428 g/mol. The minimum atomic E-state index is -0.654. The lowest BCUT2D eigenvalue weighted by Gasteiger charge is -2.10. The Morgan fingerprint density at radius 3 is 2.64 bits per heavy atom. The molecule has 2 aromatic rings. The number of benzene rings is 2. The molecule has 0 bridgehead atoms. The van der Waals surface area contributed by atoms with Crippen molar-refractivity contribution in [3.8, 4) is 5.75 Å². The first-order chi connectivity index (χ1) is 13.5. The van der Waals surface area contributed by atoms with E-state index < -0.39 is 18.5 Å². The van der Waals surface area contributed by atoms with E-state index in [4.69, 9.17) is 9.47 Å². The highest BCUT2D eigenvalue weighted by atomic mass is 79.9. The van der Waals surface area contributed by atoms with E-state index in [0.717, 1.165) is 12.8 Å². The van der Waals surface area contributed by atoms with Crippen molar-refractivity contribution in [1.29, 1.82) is 0 Å². The number of carbonyl (C=O) groups is 3. The molecule has 0 atom stereocenters. The number of hydrogen-bond donors (Lipinski definition) is 2. The molecule has 1 aliphatic carbocycles. The maximum Gasteiger partial charge on any atom is 0.339 e. The second-order valence-electron chi connectivity index (χ2n) is 6.30. The van der Waals surface area contributed by atoms with E-state index in [0.29, 0.717) is 21.5 Å². The topological polar surface area (TPSA) is 93.7 Å². The average Bonchev–Trinajstić information content (AvgIpc) is 3.50. The fourth-order valence-corrected chi connectivity index (χ4v) is 2.84. The largest absolute Gasteiger partial charge is 0.497 e. The van der Waals surface area contributed by atoms with Crippen molar-refractivity contribution >= 4 is 39.4 Å². The molecule has 3 rings (SSSR count). The van der Waals surface area contributed by atoms with Gasteiger partial charge >= 0.3 is 5.97 Å². The van der Waals surface area contributed by atoms with Crippen LogP contribution in [0.25, 0.3) is 0 Å². The van der Waals surface area contributed by atoms with Crippen molar-refractivity contribution in [2.45, 2.75) is 18.9 Å². The molecule has 0 saturated heterocycles. The van der Waals surface area contributed by atoms with Crippen LogP contribution in [0.3, 0.4) is 0 Å². The third kappa shape index (κ3) is 5.32. The number of halogens is 1. The molecule has 0 heterocycles. The van der Waals surface area contributed by atoms with Crippen LogP contribution in [-0.2, 0) is 9.53 Å². The van der Waals surface area contributed by atoms with Crippen molar-refractivity contribution in [3.05, 3.63) is 58.1 Å². The second kappa shape index (κ2) is 8.88. The van der Waals surface area contributed by atoms with E-state index in [1.807, 2.05) is 0 Å². The summed E-state index contributed by atoms with van der Waals surface area (Å²) in [5.41, 5.74) is 1.17. The minimum absolute atomic E-state index is 0.173. The molecule has 0 spiro atoms. The van der Waals surface area contributed by atoms with Crippen LogP contribution >= 0.6 is 15.9 Å². The standard InChI is InChI=1S/C20H19BrN2O5/c1-27-15-7-8-17(21)16(10-15)20(26)28-11-18(24)22-14-4-2-3-12(9-14)19(25)23-13-5-6-13/h2-4,7-10,13H,5-6,11H2,1H3,(H,22,24)(H,23,25). The van der Waals surface area contributed by atoms with E-state index in [2.05, 4.69) is 26.6 Å². The van der Waals surface area contributed by atoms with Crippen molar-refractivity contribution in [2.75, 3.05) is 19.0 Å². The first-order valence-corrected chi connectivity index (χ1v) is 9.47. The molecular formula is C20H19BrN2O5. The van der Waals surface area contributed by atoms with Gasteiger partial charge in [-0.2, -0.15) is 0 Å².